The number of benzene rings is 1. The van der Waals surface area contributed by atoms with Crippen LogP contribution in [0.3, 0.4) is 0 Å². The van der Waals surface area contributed by atoms with Crippen LogP contribution in [0.25, 0.3) is 0 Å². The third-order valence-electron chi connectivity index (χ3n) is 3.74. The molecule has 0 aromatic heterocycles. The first-order valence-electron chi connectivity index (χ1n) is 7.01. The lowest BCUT2D eigenvalue weighted by Gasteiger charge is -2.13. The molecule has 22 heavy (non-hydrogen) atoms. The number of ether oxygens (including phenoxy) is 4. The molecule has 1 aromatic carbocycles. The maximum absolute atomic E-state index is 12.2. The van der Waals surface area contributed by atoms with Gasteiger partial charge < -0.3 is 18.9 Å². The number of esters is 1. The van der Waals surface area contributed by atoms with Crippen LogP contribution in [0.15, 0.2) is 12.1 Å². The molecule has 6 heteroatoms. The molecule has 0 bridgehead atoms. The predicted octanol–water partition coefficient (Wildman–Crippen LogP) is 2.09. The summed E-state index contributed by atoms with van der Waals surface area (Å²) in [6.07, 6.45) is 0.831. The van der Waals surface area contributed by atoms with Gasteiger partial charge in [0.05, 0.1) is 27.2 Å². The lowest BCUT2D eigenvalue weighted by Crippen LogP contribution is -2.16. The zero-order chi connectivity index (χ0) is 16.3. The first-order chi connectivity index (χ1) is 10.5. The molecule has 1 fully saturated rings. The van der Waals surface area contributed by atoms with Gasteiger partial charge in [-0.1, -0.05) is 6.92 Å². The summed E-state index contributed by atoms with van der Waals surface area (Å²) in [4.78, 5) is 23.8. The lowest BCUT2D eigenvalue weighted by molar-refractivity contribution is -0.144. The van der Waals surface area contributed by atoms with E-state index in [0.717, 1.165) is 6.42 Å². The molecule has 0 radical (unpaired) electrons. The van der Waals surface area contributed by atoms with Gasteiger partial charge in [-0.15, -0.1) is 0 Å². The Balaban J connectivity index is 2.10. The van der Waals surface area contributed by atoms with E-state index in [1.165, 1.54) is 33.5 Å². The van der Waals surface area contributed by atoms with Gasteiger partial charge >= 0.3 is 5.97 Å². The van der Waals surface area contributed by atoms with Gasteiger partial charge in [-0.05, 0) is 24.5 Å². The number of hydrogen-bond acceptors (Lipinski definition) is 6. The molecular weight excluding hydrogens is 288 g/mol. The van der Waals surface area contributed by atoms with Crippen molar-refractivity contribution >= 4 is 11.8 Å². The Kier molecular flexibility index (Phi) is 4.90. The second-order valence-corrected chi connectivity index (χ2v) is 5.26. The average molecular weight is 308 g/mol. The topological polar surface area (TPSA) is 71.1 Å². The van der Waals surface area contributed by atoms with E-state index in [1.54, 1.807) is 0 Å². The Hall–Kier alpha value is -2.24. The minimum absolute atomic E-state index is 0.0623. The van der Waals surface area contributed by atoms with Gasteiger partial charge in [-0.25, -0.2) is 0 Å². The minimum atomic E-state index is -0.319. The molecule has 0 heterocycles. The number of hydrogen-bond donors (Lipinski definition) is 0. The summed E-state index contributed by atoms with van der Waals surface area (Å²) in [6.45, 7) is 1.69. The van der Waals surface area contributed by atoms with Crippen LogP contribution >= 0.6 is 0 Å². The summed E-state index contributed by atoms with van der Waals surface area (Å²) >= 11 is 0. The maximum Gasteiger partial charge on any atom is 0.309 e. The van der Waals surface area contributed by atoms with Gasteiger partial charge in [0.25, 0.3) is 0 Å². The van der Waals surface area contributed by atoms with Gasteiger partial charge in [0.15, 0.2) is 18.1 Å². The second-order valence-electron chi connectivity index (χ2n) is 5.26. The van der Waals surface area contributed by atoms with E-state index in [9.17, 15) is 9.59 Å². The van der Waals surface area contributed by atoms with Gasteiger partial charge in [-0.3, -0.25) is 9.59 Å². The Morgan fingerprint density at radius 3 is 2.05 bits per heavy atom. The quantitative estimate of drug-likeness (QED) is 0.567. The van der Waals surface area contributed by atoms with Gasteiger partial charge in [-0.2, -0.15) is 0 Å². The molecular formula is C16H20O6. The molecule has 0 saturated heterocycles. The average Bonchev–Trinajstić information content (AvgIpc) is 3.27. The van der Waals surface area contributed by atoms with Gasteiger partial charge in [0.2, 0.25) is 11.5 Å². The highest BCUT2D eigenvalue weighted by Crippen LogP contribution is 2.39. The Morgan fingerprint density at radius 1 is 1.09 bits per heavy atom. The predicted molar refractivity (Wildman–Crippen MR) is 78.7 cm³/mol. The van der Waals surface area contributed by atoms with E-state index in [1.807, 2.05) is 6.92 Å². The third-order valence-corrected chi connectivity index (χ3v) is 3.74. The molecule has 0 aliphatic heterocycles. The summed E-state index contributed by atoms with van der Waals surface area (Å²) in [7, 11) is 4.43. The largest absolute Gasteiger partial charge is 0.493 e. The number of ketones is 1. The van der Waals surface area contributed by atoms with Crippen molar-refractivity contribution in [1.82, 2.24) is 0 Å². The van der Waals surface area contributed by atoms with E-state index >= 15 is 0 Å². The molecule has 1 aliphatic rings. The van der Waals surface area contributed by atoms with Crippen LogP contribution in [0, 0.1) is 11.8 Å². The SMILES string of the molecule is COc1cc(C(=O)COC(=O)C2CC2C)cc(OC)c1OC. The second kappa shape index (κ2) is 6.68. The Labute approximate surface area is 129 Å². The van der Waals surface area contributed by atoms with E-state index < -0.39 is 0 Å². The fourth-order valence-electron chi connectivity index (χ4n) is 2.22. The number of rotatable bonds is 7. The smallest absolute Gasteiger partial charge is 0.309 e. The highest BCUT2D eigenvalue weighted by molar-refractivity contribution is 5.99. The Morgan fingerprint density at radius 2 is 1.64 bits per heavy atom. The van der Waals surface area contributed by atoms with Crippen molar-refractivity contribution in [1.29, 1.82) is 0 Å². The fraction of sp³-hybridized carbons (Fsp3) is 0.500. The zero-order valence-corrected chi connectivity index (χ0v) is 13.2. The van der Waals surface area contributed by atoms with Gasteiger partial charge in [0, 0.05) is 5.56 Å². The minimum Gasteiger partial charge on any atom is -0.493 e. The summed E-state index contributed by atoms with van der Waals surface area (Å²) in [5.41, 5.74) is 0.339. The fourth-order valence-corrected chi connectivity index (χ4v) is 2.22. The van der Waals surface area contributed by atoms with Crippen molar-refractivity contribution in [2.24, 2.45) is 11.8 Å². The van der Waals surface area contributed by atoms with Crippen molar-refractivity contribution in [2.75, 3.05) is 27.9 Å². The molecule has 2 unspecified atom stereocenters. The molecule has 120 valence electrons. The van der Waals surface area contributed by atoms with Crippen molar-refractivity contribution in [3.8, 4) is 17.2 Å². The molecule has 0 N–H and O–H groups in total. The standard InChI is InChI=1S/C16H20O6/c1-9-5-11(9)16(18)22-8-12(17)10-6-13(19-2)15(21-4)14(7-10)20-3/h6-7,9,11H,5,8H2,1-4H3. The van der Waals surface area contributed by atoms with Crippen LogP contribution in [-0.4, -0.2) is 39.7 Å². The van der Waals surface area contributed by atoms with Crippen LogP contribution < -0.4 is 14.2 Å². The van der Waals surface area contributed by atoms with Crippen molar-refractivity contribution in [3.05, 3.63) is 17.7 Å². The van der Waals surface area contributed by atoms with Crippen molar-refractivity contribution < 1.29 is 28.5 Å². The van der Waals surface area contributed by atoms with Crippen LogP contribution in [0.2, 0.25) is 0 Å². The van der Waals surface area contributed by atoms with Crippen molar-refractivity contribution in [2.45, 2.75) is 13.3 Å². The normalized spacial score (nSPS) is 19.3. The molecule has 1 saturated carbocycles. The monoisotopic (exact) mass is 308 g/mol. The summed E-state index contributed by atoms with van der Waals surface area (Å²) in [5, 5.41) is 0. The molecule has 0 spiro atoms. The summed E-state index contributed by atoms with van der Waals surface area (Å²) in [5.74, 6) is 0.829. The van der Waals surface area contributed by atoms with Crippen LogP contribution in [0.1, 0.15) is 23.7 Å². The molecule has 2 rings (SSSR count). The van der Waals surface area contributed by atoms with E-state index in [-0.39, 0.29) is 24.3 Å². The van der Waals surface area contributed by atoms with Crippen molar-refractivity contribution in [3.63, 3.8) is 0 Å². The summed E-state index contributed by atoms with van der Waals surface area (Å²) < 4.78 is 20.6. The lowest BCUT2D eigenvalue weighted by atomic mass is 10.1. The highest BCUT2D eigenvalue weighted by Gasteiger charge is 2.40. The number of carbonyl (C=O) groups excluding carboxylic acids is 2. The van der Waals surface area contributed by atoms with E-state index in [2.05, 4.69) is 0 Å². The van der Waals surface area contributed by atoms with E-state index in [0.29, 0.717) is 28.7 Å². The molecule has 6 nitrogen and oxygen atoms in total. The molecule has 2 atom stereocenters. The number of carbonyl (C=O) groups is 2. The molecule has 1 aromatic rings. The first-order valence-corrected chi connectivity index (χ1v) is 7.01. The number of Topliss-reactive ketones (excluding diaryl/α,β-unsaturated/α-hetero) is 1. The van der Waals surface area contributed by atoms with Crippen LogP contribution in [-0.2, 0) is 9.53 Å². The zero-order valence-electron chi connectivity index (χ0n) is 13.2. The molecule has 0 amide bonds. The Bertz CT molecular complexity index is 555. The maximum atomic E-state index is 12.2. The summed E-state index contributed by atoms with van der Waals surface area (Å²) in [6, 6.07) is 3.08. The third kappa shape index (κ3) is 3.32. The highest BCUT2D eigenvalue weighted by atomic mass is 16.5. The molecule has 1 aliphatic carbocycles. The van der Waals surface area contributed by atoms with Crippen LogP contribution in [0.4, 0.5) is 0 Å². The van der Waals surface area contributed by atoms with Crippen LogP contribution in [0.5, 0.6) is 17.2 Å². The van der Waals surface area contributed by atoms with Gasteiger partial charge in [0.1, 0.15) is 0 Å². The first kappa shape index (κ1) is 16.1. The van der Waals surface area contributed by atoms with E-state index in [4.69, 9.17) is 18.9 Å². The number of methoxy groups -OCH3 is 3.